The Hall–Kier alpha value is -5.71. The number of alkyl carbamates (subject to hydrolysis) is 1. The molecule has 1 aliphatic heterocycles. The van der Waals surface area contributed by atoms with Crippen LogP contribution in [0.2, 0.25) is 0 Å². The molecule has 1 saturated heterocycles. The van der Waals surface area contributed by atoms with Gasteiger partial charge in [0.05, 0.1) is 0 Å². The average molecular weight is 665 g/mol. The van der Waals surface area contributed by atoms with Crippen LogP contribution >= 0.6 is 0 Å². The van der Waals surface area contributed by atoms with Crippen molar-refractivity contribution in [3.05, 3.63) is 120 Å². The van der Waals surface area contributed by atoms with Crippen molar-refractivity contribution in [2.45, 2.75) is 56.8 Å². The number of hydrogen-bond donors (Lipinski definition) is 5. The molecule has 0 bridgehead atoms. The van der Waals surface area contributed by atoms with Gasteiger partial charge in [0.2, 0.25) is 17.7 Å². The highest BCUT2D eigenvalue weighted by molar-refractivity contribution is 5.94. The standard InChI is InChI=1S/C38H40N4O7/c43-34-29(18-10-20-39-34)23-33(37(46)47)41-35(44)31(21-25-11-3-1-4-12-25)40-36(45)32(42-38(48)49-24-26-13-5-2-6-14-26)22-28-17-9-16-27-15-7-8-19-30(27)28/h1-9,11-17,19,29,31-33H,10,18,20-24H2,(H,39,43)(H,40,45)(H,41,44)(H,42,48)(H,46,47)/t29-,31-,32-,33-/m0/s1. The first-order chi connectivity index (χ1) is 23.8. The summed E-state index contributed by atoms with van der Waals surface area (Å²) in [6.45, 7) is 0.516. The fourth-order valence-corrected chi connectivity index (χ4v) is 5.98. The topological polar surface area (TPSA) is 163 Å². The number of nitrogens with one attached hydrogen (secondary N) is 4. The van der Waals surface area contributed by atoms with E-state index in [0.717, 1.165) is 27.5 Å². The van der Waals surface area contributed by atoms with E-state index in [-0.39, 0.29) is 31.8 Å². The van der Waals surface area contributed by atoms with Gasteiger partial charge in [0.1, 0.15) is 24.7 Å². The number of carboxylic acid groups (broad SMARTS) is 1. The van der Waals surface area contributed by atoms with E-state index in [2.05, 4.69) is 21.3 Å². The molecule has 49 heavy (non-hydrogen) atoms. The molecule has 0 radical (unpaired) electrons. The summed E-state index contributed by atoms with van der Waals surface area (Å²) in [6, 6.07) is 27.8. The Bertz CT molecular complexity index is 1760. The minimum absolute atomic E-state index is 0.0100. The SMILES string of the molecule is O=C(N[C@@H](Cc1cccc2ccccc12)C(=O)N[C@@H](Cc1ccccc1)C(=O)N[C@@H](C[C@@H]1CCCNC1=O)C(=O)O)OCc1ccccc1. The minimum Gasteiger partial charge on any atom is -0.480 e. The highest BCUT2D eigenvalue weighted by atomic mass is 16.5. The zero-order chi connectivity index (χ0) is 34.6. The Labute approximate surface area is 284 Å². The summed E-state index contributed by atoms with van der Waals surface area (Å²) < 4.78 is 5.43. The molecule has 5 rings (SSSR count). The first-order valence-corrected chi connectivity index (χ1v) is 16.4. The lowest BCUT2D eigenvalue weighted by atomic mass is 9.91. The van der Waals surface area contributed by atoms with Gasteiger partial charge in [-0.2, -0.15) is 0 Å². The summed E-state index contributed by atoms with van der Waals surface area (Å²) in [5.41, 5.74) is 2.29. The van der Waals surface area contributed by atoms with Gasteiger partial charge in [-0.05, 0) is 46.7 Å². The molecule has 0 aliphatic carbocycles. The summed E-state index contributed by atoms with van der Waals surface area (Å²) >= 11 is 0. The van der Waals surface area contributed by atoms with Crippen LogP contribution in [0, 0.1) is 5.92 Å². The number of rotatable bonds is 14. The van der Waals surface area contributed by atoms with E-state index in [1.165, 1.54) is 0 Å². The third kappa shape index (κ3) is 9.90. The van der Waals surface area contributed by atoms with Gasteiger partial charge in [0.25, 0.3) is 0 Å². The van der Waals surface area contributed by atoms with Crippen molar-refractivity contribution >= 4 is 40.6 Å². The summed E-state index contributed by atoms with van der Waals surface area (Å²) in [5.74, 6) is -3.47. The Morgan fingerprint density at radius 3 is 2.04 bits per heavy atom. The molecule has 11 heteroatoms. The van der Waals surface area contributed by atoms with Crippen LogP contribution in [-0.2, 0) is 43.4 Å². The van der Waals surface area contributed by atoms with Gasteiger partial charge in [-0.1, -0.05) is 103 Å². The van der Waals surface area contributed by atoms with E-state index in [1.54, 1.807) is 24.3 Å². The number of benzene rings is 4. The largest absolute Gasteiger partial charge is 0.480 e. The maximum absolute atomic E-state index is 14.0. The third-order valence-corrected chi connectivity index (χ3v) is 8.58. The highest BCUT2D eigenvalue weighted by Crippen LogP contribution is 2.21. The molecule has 1 fully saturated rings. The average Bonchev–Trinajstić information content (AvgIpc) is 3.11. The summed E-state index contributed by atoms with van der Waals surface area (Å²) in [4.78, 5) is 65.4. The number of hydrogen-bond acceptors (Lipinski definition) is 6. The molecular weight excluding hydrogens is 624 g/mol. The normalized spacial score (nSPS) is 16.0. The van der Waals surface area contributed by atoms with Gasteiger partial charge in [0.15, 0.2) is 0 Å². The van der Waals surface area contributed by atoms with Gasteiger partial charge in [-0.25, -0.2) is 9.59 Å². The first-order valence-electron chi connectivity index (χ1n) is 16.4. The van der Waals surface area contributed by atoms with E-state index in [1.807, 2.05) is 78.9 Å². The van der Waals surface area contributed by atoms with Gasteiger partial charge in [-0.15, -0.1) is 0 Å². The number of carbonyl (C=O) groups excluding carboxylic acids is 4. The molecule has 0 spiro atoms. The minimum atomic E-state index is -1.35. The van der Waals surface area contributed by atoms with Gasteiger partial charge in [0, 0.05) is 25.3 Å². The number of aliphatic carboxylic acids is 1. The van der Waals surface area contributed by atoms with Gasteiger partial charge >= 0.3 is 12.1 Å². The number of piperidine rings is 1. The van der Waals surface area contributed by atoms with Crippen molar-refractivity contribution in [2.75, 3.05) is 6.54 Å². The summed E-state index contributed by atoms with van der Waals surface area (Å²) in [7, 11) is 0. The van der Waals surface area contributed by atoms with Crippen LogP contribution in [0.1, 0.15) is 36.0 Å². The zero-order valence-electron chi connectivity index (χ0n) is 27.0. The quantitative estimate of drug-likeness (QED) is 0.137. The van der Waals surface area contributed by atoms with Crippen LogP contribution in [0.4, 0.5) is 4.79 Å². The van der Waals surface area contributed by atoms with E-state index < -0.39 is 47.9 Å². The predicted octanol–water partition coefficient (Wildman–Crippen LogP) is 3.89. The lowest BCUT2D eigenvalue weighted by Crippen LogP contribution is -2.57. The highest BCUT2D eigenvalue weighted by Gasteiger charge is 2.33. The third-order valence-electron chi connectivity index (χ3n) is 8.58. The molecule has 5 N–H and O–H groups in total. The van der Waals surface area contributed by atoms with Gasteiger partial charge < -0.3 is 31.1 Å². The first kappa shape index (κ1) is 34.6. The maximum atomic E-state index is 14.0. The monoisotopic (exact) mass is 664 g/mol. The molecule has 4 amide bonds. The molecule has 4 aromatic carbocycles. The van der Waals surface area contributed by atoms with Crippen molar-refractivity contribution in [1.29, 1.82) is 0 Å². The van der Waals surface area contributed by atoms with Crippen LogP contribution in [0.3, 0.4) is 0 Å². The lowest BCUT2D eigenvalue weighted by Gasteiger charge is -2.27. The smallest absolute Gasteiger partial charge is 0.408 e. The van der Waals surface area contributed by atoms with Crippen molar-refractivity contribution in [3.8, 4) is 0 Å². The number of carbonyl (C=O) groups is 5. The van der Waals surface area contributed by atoms with E-state index in [9.17, 15) is 29.1 Å². The van der Waals surface area contributed by atoms with E-state index in [4.69, 9.17) is 4.74 Å². The summed E-state index contributed by atoms with van der Waals surface area (Å²) in [5, 5.41) is 22.6. The van der Waals surface area contributed by atoms with Crippen LogP contribution in [-0.4, -0.2) is 59.6 Å². The van der Waals surface area contributed by atoms with Crippen molar-refractivity contribution in [1.82, 2.24) is 21.3 Å². The molecule has 1 heterocycles. The van der Waals surface area contributed by atoms with Crippen molar-refractivity contribution in [2.24, 2.45) is 5.92 Å². The molecule has 0 aromatic heterocycles. The van der Waals surface area contributed by atoms with Crippen LogP contribution in [0.25, 0.3) is 10.8 Å². The molecule has 4 aromatic rings. The number of fused-ring (bicyclic) bond motifs is 1. The molecule has 11 nitrogen and oxygen atoms in total. The van der Waals surface area contributed by atoms with E-state index in [0.29, 0.717) is 19.4 Å². The second kappa shape index (κ2) is 16.9. The molecular formula is C38H40N4O7. The molecule has 4 atom stereocenters. The zero-order valence-corrected chi connectivity index (χ0v) is 27.0. The number of carboxylic acids is 1. The maximum Gasteiger partial charge on any atom is 0.408 e. The number of amides is 4. The fraction of sp³-hybridized carbons (Fsp3) is 0.289. The Morgan fingerprint density at radius 2 is 1.35 bits per heavy atom. The lowest BCUT2D eigenvalue weighted by molar-refractivity contribution is -0.143. The second-order valence-electron chi connectivity index (χ2n) is 12.1. The van der Waals surface area contributed by atoms with Crippen molar-refractivity contribution < 1.29 is 33.8 Å². The van der Waals surface area contributed by atoms with E-state index >= 15 is 0 Å². The second-order valence-corrected chi connectivity index (χ2v) is 12.1. The van der Waals surface area contributed by atoms with Gasteiger partial charge in [-0.3, -0.25) is 14.4 Å². The predicted molar refractivity (Wildman–Crippen MR) is 183 cm³/mol. The number of ether oxygens (including phenoxy) is 1. The van der Waals surface area contributed by atoms with Crippen LogP contribution < -0.4 is 21.3 Å². The Kier molecular flexibility index (Phi) is 11.9. The summed E-state index contributed by atoms with van der Waals surface area (Å²) in [6.07, 6.45) is 0.456. The molecule has 1 aliphatic rings. The Balaban J connectivity index is 1.37. The Morgan fingerprint density at radius 1 is 0.735 bits per heavy atom. The van der Waals surface area contributed by atoms with Crippen LogP contribution in [0.15, 0.2) is 103 Å². The fourth-order valence-electron chi connectivity index (χ4n) is 5.98. The van der Waals surface area contributed by atoms with Crippen LogP contribution in [0.5, 0.6) is 0 Å². The molecule has 0 unspecified atom stereocenters. The molecule has 254 valence electrons. The van der Waals surface area contributed by atoms with Crippen molar-refractivity contribution in [3.63, 3.8) is 0 Å². The molecule has 0 saturated carbocycles.